The highest BCUT2D eigenvalue weighted by Gasteiger charge is 2.43. The normalized spacial score (nSPS) is 21.1. The molecule has 0 unspecified atom stereocenters. The number of amides is 1. The molecule has 1 aliphatic rings. The smallest absolute Gasteiger partial charge is 0.374 e. The summed E-state index contributed by atoms with van der Waals surface area (Å²) in [4.78, 5) is 27.7. The SMILES string of the molecule is CC(=O)N[C@H]1[C@H]([C@H](O)[C@H](O)CO)OC(C(=O)OC(c2ccccc2)c2ccccc2)=C[C@@H]1N=[N+]=[N-]. The lowest BCUT2D eigenvalue weighted by Gasteiger charge is -2.38. The van der Waals surface area contributed by atoms with Crippen LogP contribution >= 0.6 is 0 Å². The van der Waals surface area contributed by atoms with E-state index in [1.807, 2.05) is 12.1 Å². The third-order valence-corrected chi connectivity index (χ3v) is 5.41. The van der Waals surface area contributed by atoms with E-state index in [1.54, 1.807) is 48.5 Å². The first-order valence-electron chi connectivity index (χ1n) is 10.8. The van der Waals surface area contributed by atoms with Gasteiger partial charge in [0, 0.05) is 11.8 Å². The minimum absolute atomic E-state index is 0.380. The van der Waals surface area contributed by atoms with Crippen LogP contribution in [0.5, 0.6) is 0 Å². The highest BCUT2D eigenvalue weighted by molar-refractivity contribution is 5.87. The number of carbonyl (C=O) groups excluding carboxylic acids is 2. The maximum atomic E-state index is 13.2. The molecule has 3 rings (SSSR count). The Bertz CT molecular complexity index is 1050. The molecule has 11 nitrogen and oxygen atoms in total. The van der Waals surface area contributed by atoms with Gasteiger partial charge in [-0.1, -0.05) is 65.8 Å². The van der Waals surface area contributed by atoms with Crippen LogP contribution in [0.1, 0.15) is 24.2 Å². The molecular formula is C24H26N4O7. The first kappa shape index (κ1) is 25.7. The number of hydrogen-bond donors (Lipinski definition) is 4. The Morgan fingerprint density at radius 2 is 1.69 bits per heavy atom. The van der Waals surface area contributed by atoms with Crippen LogP contribution < -0.4 is 5.32 Å². The number of aliphatic hydroxyl groups excluding tert-OH is 3. The third kappa shape index (κ3) is 6.37. The lowest BCUT2D eigenvalue weighted by atomic mass is 9.92. The summed E-state index contributed by atoms with van der Waals surface area (Å²) in [5, 5.41) is 35.9. The van der Waals surface area contributed by atoms with Crippen molar-refractivity contribution in [1.29, 1.82) is 0 Å². The van der Waals surface area contributed by atoms with Crippen molar-refractivity contribution in [3.63, 3.8) is 0 Å². The number of benzene rings is 2. The van der Waals surface area contributed by atoms with E-state index in [0.29, 0.717) is 11.1 Å². The van der Waals surface area contributed by atoms with Gasteiger partial charge in [0.25, 0.3) is 0 Å². The molecule has 0 fully saturated rings. The lowest BCUT2D eigenvalue weighted by Crippen LogP contribution is -2.59. The molecule has 184 valence electrons. The van der Waals surface area contributed by atoms with E-state index in [2.05, 4.69) is 15.3 Å². The molecule has 1 amide bonds. The number of nitrogens with one attached hydrogen (secondary N) is 1. The monoisotopic (exact) mass is 482 g/mol. The summed E-state index contributed by atoms with van der Waals surface area (Å²) in [7, 11) is 0. The zero-order valence-corrected chi connectivity index (χ0v) is 18.8. The molecule has 4 N–H and O–H groups in total. The van der Waals surface area contributed by atoms with Crippen LogP contribution in [0, 0.1) is 0 Å². The van der Waals surface area contributed by atoms with E-state index in [9.17, 15) is 24.9 Å². The van der Waals surface area contributed by atoms with Gasteiger partial charge in [-0.25, -0.2) is 4.79 Å². The fourth-order valence-electron chi connectivity index (χ4n) is 3.75. The molecule has 0 aromatic heterocycles. The third-order valence-electron chi connectivity index (χ3n) is 5.41. The number of rotatable bonds is 9. The van der Waals surface area contributed by atoms with Crippen molar-refractivity contribution >= 4 is 11.9 Å². The molecule has 0 spiro atoms. The summed E-state index contributed by atoms with van der Waals surface area (Å²) in [5.41, 5.74) is 10.4. The van der Waals surface area contributed by atoms with Crippen LogP contribution in [0.2, 0.25) is 0 Å². The van der Waals surface area contributed by atoms with Gasteiger partial charge >= 0.3 is 5.97 Å². The molecule has 0 aliphatic carbocycles. The highest BCUT2D eigenvalue weighted by atomic mass is 16.6. The molecule has 0 radical (unpaired) electrons. The summed E-state index contributed by atoms with van der Waals surface area (Å²) >= 11 is 0. The zero-order valence-electron chi connectivity index (χ0n) is 18.8. The number of hydrogen-bond acceptors (Lipinski definition) is 8. The van der Waals surface area contributed by atoms with Gasteiger partial charge in [0.2, 0.25) is 11.7 Å². The number of carbonyl (C=O) groups is 2. The minimum Gasteiger partial charge on any atom is -0.478 e. The van der Waals surface area contributed by atoms with Gasteiger partial charge in [-0.2, -0.15) is 0 Å². The van der Waals surface area contributed by atoms with Gasteiger partial charge in [-0.05, 0) is 22.7 Å². The van der Waals surface area contributed by atoms with E-state index < -0.39 is 55.0 Å². The van der Waals surface area contributed by atoms with Crippen LogP contribution in [0.25, 0.3) is 10.4 Å². The number of ether oxygens (including phenoxy) is 2. The molecule has 2 aromatic rings. The molecule has 5 atom stereocenters. The second-order valence-electron chi connectivity index (χ2n) is 7.88. The Morgan fingerprint density at radius 1 is 1.11 bits per heavy atom. The number of aliphatic hydroxyl groups is 3. The Hall–Kier alpha value is -3.89. The second-order valence-corrected chi connectivity index (χ2v) is 7.88. The second kappa shape index (κ2) is 12.0. The van der Waals surface area contributed by atoms with Crippen LogP contribution in [0.4, 0.5) is 0 Å². The molecule has 35 heavy (non-hydrogen) atoms. The van der Waals surface area contributed by atoms with E-state index in [0.717, 1.165) is 0 Å². The van der Waals surface area contributed by atoms with Gasteiger partial charge < -0.3 is 30.1 Å². The molecular weight excluding hydrogens is 456 g/mol. The number of nitrogens with zero attached hydrogens (tertiary/aromatic N) is 3. The Kier molecular flexibility index (Phi) is 8.82. The van der Waals surface area contributed by atoms with E-state index in [4.69, 9.17) is 15.0 Å². The van der Waals surface area contributed by atoms with Crippen molar-refractivity contribution in [2.75, 3.05) is 6.61 Å². The van der Waals surface area contributed by atoms with Crippen molar-refractivity contribution in [3.8, 4) is 0 Å². The van der Waals surface area contributed by atoms with Gasteiger partial charge in [0.05, 0.1) is 18.7 Å². The molecule has 0 bridgehead atoms. The largest absolute Gasteiger partial charge is 0.478 e. The molecule has 11 heteroatoms. The van der Waals surface area contributed by atoms with Gasteiger partial charge in [0.1, 0.15) is 18.3 Å². The summed E-state index contributed by atoms with van der Waals surface area (Å²) in [5.74, 6) is -1.83. The zero-order chi connectivity index (χ0) is 25.4. The Morgan fingerprint density at radius 3 is 2.17 bits per heavy atom. The molecule has 2 aromatic carbocycles. The first-order valence-corrected chi connectivity index (χ1v) is 10.8. The quantitative estimate of drug-likeness (QED) is 0.181. The predicted octanol–water partition coefficient (Wildman–Crippen LogP) is 1.50. The van der Waals surface area contributed by atoms with Gasteiger partial charge in [0.15, 0.2) is 6.10 Å². The van der Waals surface area contributed by atoms with Crippen molar-refractivity contribution < 1.29 is 34.4 Å². The Balaban J connectivity index is 1.96. The summed E-state index contributed by atoms with van der Waals surface area (Å²) in [6.07, 6.45) is -4.43. The van der Waals surface area contributed by atoms with E-state index in [-0.39, 0.29) is 5.76 Å². The fourth-order valence-corrected chi connectivity index (χ4v) is 3.75. The minimum atomic E-state index is -1.73. The van der Waals surface area contributed by atoms with Gasteiger partial charge in [-0.3, -0.25) is 4.79 Å². The van der Waals surface area contributed by atoms with Crippen LogP contribution in [-0.2, 0) is 19.1 Å². The van der Waals surface area contributed by atoms with Crippen molar-refractivity contribution in [2.45, 2.75) is 43.4 Å². The molecule has 1 heterocycles. The highest BCUT2D eigenvalue weighted by Crippen LogP contribution is 2.30. The standard InChI is InChI=1S/C24H26N4O7/c1-14(30)26-20-17(27-28-25)12-19(34-23(20)21(32)18(31)13-29)24(33)35-22(15-8-4-2-5-9-15)16-10-6-3-7-11-16/h2-12,17-18,20-23,29,31-32H,13H2,1H3,(H,26,30)/t17-,18+,20+,21+,23+/m0/s1. The topological polar surface area (TPSA) is 174 Å². The number of esters is 1. The molecule has 0 saturated carbocycles. The Labute approximate surface area is 201 Å². The summed E-state index contributed by atoms with van der Waals surface area (Å²) < 4.78 is 11.4. The maximum Gasteiger partial charge on any atom is 0.374 e. The summed E-state index contributed by atoms with van der Waals surface area (Å²) in [6.45, 7) is 0.393. The van der Waals surface area contributed by atoms with Crippen molar-refractivity contribution in [2.24, 2.45) is 5.11 Å². The van der Waals surface area contributed by atoms with Crippen molar-refractivity contribution in [1.82, 2.24) is 5.32 Å². The van der Waals surface area contributed by atoms with Crippen LogP contribution in [-0.4, -0.2) is 64.2 Å². The molecule has 1 aliphatic heterocycles. The van der Waals surface area contributed by atoms with Crippen molar-refractivity contribution in [3.05, 3.63) is 94.1 Å². The van der Waals surface area contributed by atoms with Gasteiger partial charge in [-0.15, -0.1) is 0 Å². The maximum absolute atomic E-state index is 13.2. The first-order chi connectivity index (χ1) is 16.8. The number of azide groups is 1. The van der Waals surface area contributed by atoms with Crippen LogP contribution in [0.3, 0.4) is 0 Å². The summed E-state index contributed by atoms with van der Waals surface area (Å²) in [6, 6.07) is 15.7. The average Bonchev–Trinajstić information content (AvgIpc) is 2.88. The predicted molar refractivity (Wildman–Crippen MR) is 123 cm³/mol. The average molecular weight is 482 g/mol. The fraction of sp³-hybridized carbons (Fsp3) is 0.333. The van der Waals surface area contributed by atoms with E-state index in [1.165, 1.54) is 13.0 Å². The molecule has 0 saturated heterocycles. The van der Waals surface area contributed by atoms with E-state index >= 15 is 0 Å². The van der Waals surface area contributed by atoms with Crippen LogP contribution in [0.15, 0.2) is 77.6 Å². The lowest BCUT2D eigenvalue weighted by molar-refractivity contribution is -0.154.